The van der Waals surface area contributed by atoms with Gasteiger partial charge in [-0.25, -0.2) is 4.98 Å². The summed E-state index contributed by atoms with van der Waals surface area (Å²) in [6, 6.07) is 8.08. The third-order valence-corrected chi connectivity index (χ3v) is 4.40. The Labute approximate surface area is 147 Å². The van der Waals surface area contributed by atoms with E-state index in [2.05, 4.69) is 31.3 Å². The third kappa shape index (κ3) is 5.29. The summed E-state index contributed by atoms with van der Waals surface area (Å²) in [7, 11) is 1.68. The highest BCUT2D eigenvalue weighted by atomic mass is 79.9. The number of hydrogen-bond donors (Lipinski definition) is 1. The van der Waals surface area contributed by atoms with Crippen LogP contribution >= 0.6 is 28.3 Å². The van der Waals surface area contributed by atoms with Crippen molar-refractivity contribution < 1.29 is 4.74 Å². The van der Waals surface area contributed by atoms with Gasteiger partial charge in [0.15, 0.2) is 5.13 Å². The molecule has 0 aliphatic carbocycles. The summed E-state index contributed by atoms with van der Waals surface area (Å²) < 4.78 is 5.20. The van der Waals surface area contributed by atoms with Gasteiger partial charge >= 0.3 is 0 Å². The second kappa shape index (κ2) is 9.85. The first-order chi connectivity index (χ1) is 10.2. The zero-order valence-corrected chi connectivity index (χ0v) is 16.0. The van der Waals surface area contributed by atoms with E-state index >= 15 is 0 Å². The molecule has 0 aliphatic rings. The van der Waals surface area contributed by atoms with Crippen LogP contribution in [-0.2, 0) is 0 Å². The van der Waals surface area contributed by atoms with Gasteiger partial charge in [0.1, 0.15) is 5.75 Å². The number of anilines is 1. The van der Waals surface area contributed by atoms with Crippen molar-refractivity contribution >= 4 is 33.4 Å². The van der Waals surface area contributed by atoms with Crippen molar-refractivity contribution in [1.29, 1.82) is 0 Å². The molecular formula is C17H25BrN2OS. The molecule has 0 fully saturated rings. The lowest BCUT2D eigenvalue weighted by atomic mass is 10.1. The fourth-order valence-electron chi connectivity index (χ4n) is 2.24. The van der Waals surface area contributed by atoms with Crippen LogP contribution in [0.2, 0.25) is 0 Å². The molecule has 0 spiro atoms. The molecule has 2 rings (SSSR count). The van der Waals surface area contributed by atoms with Crippen LogP contribution in [0.3, 0.4) is 0 Å². The molecular weight excluding hydrogens is 360 g/mol. The maximum atomic E-state index is 5.20. The molecule has 22 heavy (non-hydrogen) atoms. The first-order valence-electron chi connectivity index (χ1n) is 7.60. The van der Waals surface area contributed by atoms with E-state index in [9.17, 15) is 0 Å². The summed E-state index contributed by atoms with van der Waals surface area (Å²) in [4.78, 5) is 5.97. The molecule has 0 saturated heterocycles. The van der Waals surface area contributed by atoms with Gasteiger partial charge in [-0.05, 0) is 37.6 Å². The smallest absolute Gasteiger partial charge is 0.183 e. The van der Waals surface area contributed by atoms with Crippen molar-refractivity contribution in [1.82, 2.24) is 4.98 Å². The summed E-state index contributed by atoms with van der Waals surface area (Å²) in [5, 5.41) is 4.46. The SMILES string of the molecule is Br.CCCCCCNc1nc(-c2ccc(OC)cc2)c(C)s1. The predicted octanol–water partition coefficient (Wildman–Crippen LogP) is 5.70. The Morgan fingerprint density at radius 1 is 1.14 bits per heavy atom. The van der Waals surface area contributed by atoms with Crippen molar-refractivity contribution in [2.45, 2.75) is 39.5 Å². The van der Waals surface area contributed by atoms with Crippen molar-refractivity contribution in [3.8, 4) is 17.0 Å². The van der Waals surface area contributed by atoms with Crippen LogP contribution in [0.1, 0.15) is 37.5 Å². The van der Waals surface area contributed by atoms with E-state index in [4.69, 9.17) is 9.72 Å². The Morgan fingerprint density at radius 2 is 1.86 bits per heavy atom. The number of hydrogen-bond acceptors (Lipinski definition) is 4. The zero-order chi connectivity index (χ0) is 15.1. The maximum Gasteiger partial charge on any atom is 0.183 e. The second-order valence-corrected chi connectivity index (χ2v) is 6.34. The number of aromatic nitrogens is 1. The van der Waals surface area contributed by atoms with Gasteiger partial charge in [-0.1, -0.05) is 26.2 Å². The highest BCUT2D eigenvalue weighted by Crippen LogP contribution is 2.31. The summed E-state index contributed by atoms with van der Waals surface area (Å²) in [5.74, 6) is 0.876. The molecule has 0 atom stereocenters. The number of methoxy groups -OCH3 is 1. The van der Waals surface area contributed by atoms with Crippen LogP contribution in [0.25, 0.3) is 11.3 Å². The Morgan fingerprint density at radius 3 is 2.50 bits per heavy atom. The van der Waals surface area contributed by atoms with Crippen LogP contribution in [0.4, 0.5) is 5.13 Å². The Kier molecular flexibility index (Phi) is 8.49. The molecule has 1 aromatic heterocycles. The number of aryl methyl sites for hydroxylation is 1. The van der Waals surface area contributed by atoms with Crippen molar-refractivity contribution in [3.05, 3.63) is 29.1 Å². The van der Waals surface area contributed by atoms with Crippen molar-refractivity contribution in [2.75, 3.05) is 19.0 Å². The topological polar surface area (TPSA) is 34.2 Å². The minimum absolute atomic E-state index is 0. The van der Waals surface area contributed by atoms with Gasteiger partial charge in [-0.2, -0.15) is 0 Å². The average Bonchev–Trinajstić information content (AvgIpc) is 2.88. The Balaban J connectivity index is 0.00000242. The zero-order valence-electron chi connectivity index (χ0n) is 13.5. The van der Waals surface area contributed by atoms with Gasteiger partial charge < -0.3 is 10.1 Å². The molecule has 1 aromatic carbocycles. The molecule has 0 aliphatic heterocycles. The largest absolute Gasteiger partial charge is 0.497 e. The van der Waals surface area contributed by atoms with E-state index in [1.54, 1.807) is 18.4 Å². The highest BCUT2D eigenvalue weighted by molar-refractivity contribution is 8.93. The average molecular weight is 385 g/mol. The summed E-state index contributed by atoms with van der Waals surface area (Å²) in [5.41, 5.74) is 2.21. The van der Waals surface area contributed by atoms with Gasteiger partial charge in [0, 0.05) is 17.0 Å². The van der Waals surface area contributed by atoms with Crippen LogP contribution in [0.15, 0.2) is 24.3 Å². The molecule has 1 N–H and O–H groups in total. The van der Waals surface area contributed by atoms with E-state index in [1.165, 1.54) is 30.6 Å². The van der Waals surface area contributed by atoms with Crippen LogP contribution in [0.5, 0.6) is 5.75 Å². The number of rotatable bonds is 8. The van der Waals surface area contributed by atoms with Gasteiger partial charge in [0.2, 0.25) is 0 Å². The Bertz CT molecular complexity index is 554. The minimum Gasteiger partial charge on any atom is -0.497 e. The fourth-order valence-corrected chi connectivity index (χ4v) is 3.10. The van der Waals surface area contributed by atoms with Crippen LogP contribution in [-0.4, -0.2) is 18.6 Å². The second-order valence-electron chi connectivity index (χ2n) is 5.14. The molecule has 0 bridgehead atoms. The number of thiazole rings is 1. The number of benzene rings is 1. The van der Waals surface area contributed by atoms with E-state index in [0.29, 0.717) is 0 Å². The molecule has 0 saturated carbocycles. The van der Waals surface area contributed by atoms with Crippen LogP contribution in [0, 0.1) is 6.92 Å². The first-order valence-corrected chi connectivity index (χ1v) is 8.42. The third-order valence-electron chi connectivity index (χ3n) is 3.47. The first kappa shape index (κ1) is 19.0. The standard InChI is InChI=1S/C17H24N2OS.BrH/c1-4-5-6-7-12-18-17-19-16(13(2)21-17)14-8-10-15(20-3)11-9-14;/h8-11H,4-7,12H2,1-3H3,(H,18,19);1H. The molecule has 5 heteroatoms. The quantitative estimate of drug-likeness (QED) is 0.592. The molecule has 0 amide bonds. The van der Waals surface area contributed by atoms with Gasteiger partial charge in [-0.15, -0.1) is 28.3 Å². The normalized spacial score (nSPS) is 10.1. The maximum absolute atomic E-state index is 5.20. The molecule has 3 nitrogen and oxygen atoms in total. The lowest BCUT2D eigenvalue weighted by Crippen LogP contribution is -2.00. The van der Waals surface area contributed by atoms with Gasteiger partial charge in [0.05, 0.1) is 12.8 Å². The predicted molar refractivity (Wildman–Crippen MR) is 102 cm³/mol. The number of nitrogens with one attached hydrogen (secondary N) is 1. The molecule has 0 unspecified atom stereocenters. The van der Waals surface area contributed by atoms with E-state index in [0.717, 1.165) is 28.7 Å². The Hall–Kier alpha value is -1.07. The number of nitrogens with zero attached hydrogens (tertiary/aromatic N) is 1. The molecule has 0 radical (unpaired) electrons. The molecule has 122 valence electrons. The lowest BCUT2D eigenvalue weighted by Gasteiger charge is -2.02. The monoisotopic (exact) mass is 384 g/mol. The van der Waals surface area contributed by atoms with Crippen LogP contribution < -0.4 is 10.1 Å². The van der Waals surface area contributed by atoms with Gasteiger partial charge in [0.25, 0.3) is 0 Å². The van der Waals surface area contributed by atoms with E-state index in [-0.39, 0.29) is 17.0 Å². The van der Waals surface area contributed by atoms with Gasteiger partial charge in [-0.3, -0.25) is 0 Å². The number of ether oxygens (including phenoxy) is 1. The highest BCUT2D eigenvalue weighted by Gasteiger charge is 2.09. The number of unbranched alkanes of at least 4 members (excludes halogenated alkanes) is 3. The summed E-state index contributed by atoms with van der Waals surface area (Å²) in [6.45, 7) is 5.37. The fraction of sp³-hybridized carbons (Fsp3) is 0.471. The van der Waals surface area contributed by atoms with E-state index in [1.807, 2.05) is 12.1 Å². The van der Waals surface area contributed by atoms with E-state index < -0.39 is 0 Å². The summed E-state index contributed by atoms with van der Waals surface area (Å²) in [6.07, 6.45) is 5.09. The minimum atomic E-state index is 0. The lowest BCUT2D eigenvalue weighted by molar-refractivity contribution is 0.415. The summed E-state index contributed by atoms with van der Waals surface area (Å²) >= 11 is 1.73. The molecule has 2 aromatic rings. The van der Waals surface area contributed by atoms with Crippen molar-refractivity contribution in [2.24, 2.45) is 0 Å². The molecule has 1 heterocycles. The van der Waals surface area contributed by atoms with Crippen molar-refractivity contribution in [3.63, 3.8) is 0 Å². The number of halogens is 1.